The highest BCUT2D eigenvalue weighted by molar-refractivity contribution is 5.83. The van der Waals surface area contributed by atoms with Crippen molar-refractivity contribution in [3.8, 4) is 18.6 Å². The van der Waals surface area contributed by atoms with Crippen LogP contribution in [0.3, 0.4) is 0 Å². The zero-order chi connectivity index (χ0) is 19.2. The number of terminal acetylenes is 1. The van der Waals surface area contributed by atoms with E-state index in [9.17, 15) is 4.79 Å². The highest BCUT2D eigenvalue weighted by atomic mass is 16.7. The van der Waals surface area contributed by atoms with Gasteiger partial charge in [-0.15, -0.1) is 12.8 Å². The van der Waals surface area contributed by atoms with Gasteiger partial charge in [0.25, 0.3) is 0 Å². The van der Waals surface area contributed by atoms with Crippen LogP contribution in [-0.2, 0) is 14.3 Å². The van der Waals surface area contributed by atoms with Crippen molar-refractivity contribution < 1.29 is 19.0 Å². The van der Waals surface area contributed by atoms with Crippen molar-refractivity contribution in [3.63, 3.8) is 0 Å². The second kappa shape index (κ2) is 8.80. The SMILES string of the molecule is C#C.COc1ccc(C(CC2=CC(=O)OC(C)(C)O2)C2CCCC2)cc1. The first-order chi connectivity index (χ1) is 12.5. The monoisotopic (exact) mass is 356 g/mol. The summed E-state index contributed by atoms with van der Waals surface area (Å²) >= 11 is 0. The van der Waals surface area contributed by atoms with E-state index in [1.165, 1.54) is 37.3 Å². The molecular weight excluding hydrogens is 328 g/mol. The number of hydrogen-bond donors (Lipinski definition) is 0. The second-order valence-electron chi connectivity index (χ2n) is 7.16. The standard InChI is InChI=1S/C20H26O4.C2H2/c1-20(2)23-17(13-19(21)24-20)12-18(14-6-4-5-7-14)15-8-10-16(22-3)11-9-15;1-2/h8-11,13-14,18H,4-7,12H2,1-3H3;1-2H. The number of hydrogen-bond acceptors (Lipinski definition) is 4. The Hall–Kier alpha value is -2.41. The quantitative estimate of drug-likeness (QED) is 0.561. The largest absolute Gasteiger partial charge is 0.497 e. The molecule has 1 aliphatic heterocycles. The van der Waals surface area contributed by atoms with Gasteiger partial charge in [-0.1, -0.05) is 25.0 Å². The lowest BCUT2D eigenvalue weighted by molar-refractivity contribution is -0.206. The minimum absolute atomic E-state index is 0.318. The predicted molar refractivity (Wildman–Crippen MR) is 102 cm³/mol. The second-order valence-corrected chi connectivity index (χ2v) is 7.16. The lowest BCUT2D eigenvalue weighted by Crippen LogP contribution is -2.34. The van der Waals surface area contributed by atoms with Gasteiger partial charge in [-0.25, -0.2) is 4.79 Å². The third-order valence-electron chi connectivity index (χ3n) is 4.94. The number of ether oxygens (including phenoxy) is 3. The topological polar surface area (TPSA) is 44.8 Å². The van der Waals surface area contributed by atoms with Gasteiger partial charge in [0.2, 0.25) is 5.79 Å². The van der Waals surface area contributed by atoms with Crippen molar-refractivity contribution in [3.05, 3.63) is 41.7 Å². The Labute approximate surface area is 156 Å². The maximum atomic E-state index is 11.8. The molecule has 4 nitrogen and oxygen atoms in total. The van der Waals surface area contributed by atoms with E-state index in [0.717, 1.165) is 17.9 Å². The summed E-state index contributed by atoms with van der Waals surface area (Å²) < 4.78 is 16.4. The molecule has 1 saturated carbocycles. The third kappa shape index (κ3) is 5.05. The number of esters is 1. The van der Waals surface area contributed by atoms with Crippen LogP contribution in [0.25, 0.3) is 0 Å². The molecule has 0 spiro atoms. The molecule has 0 N–H and O–H groups in total. The Kier molecular flexibility index (Phi) is 6.74. The van der Waals surface area contributed by atoms with E-state index in [4.69, 9.17) is 14.2 Å². The summed E-state index contributed by atoms with van der Waals surface area (Å²) in [6.45, 7) is 3.55. The van der Waals surface area contributed by atoms with Crippen LogP contribution in [-0.4, -0.2) is 18.9 Å². The van der Waals surface area contributed by atoms with Gasteiger partial charge in [0.15, 0.2) is 0 Å². The number of benzene rings is 1. The van der Waals surface area contributed by atoms with E-state index < -0.39 is 5.79 Å². The summed E-state index contributed by atoms with van der Waals surface area (Å²) in [5.74, 6) is 1.36. The van der Waals surface area contributed by atoms with Crippen molar-refractivity contribution in [1.29, 1.82) is 0 Å². The smallest absolute Gasteiger partial charge is 0.337 e. The van der Waals surface area contributed by atoms with Crippen molar-refractivity contribution >= 4 is 5.97 Å². The number of carbonyl (C=O) groups excluding carboxylic acids is 1. The number of carbonyl (C=O) groups is 1. The van der Waals surface area contributed by atoms with Gasteiger partial charge in [-0.2, -0.15) is 0 Å². The molecule has 1 aromatic rings. The minimum atomic E-state index is -0.888. The molecule has 0 amide bonds. The number of rotatable bonds is 5. The maximum Gasteiger partial charge on any atom is 0.337 e. The summed E-state index contributed by atoms with van der Waals surface area (Å²) in [5, 5.41) is 0. The Balaban J connectivity index is 0.00000117. The molecule has 1 aliphatic carbocycles. The van der Waals surface area contributed by atoms with Gasteiger partial charge in [0, 0.05) is 20.3 Å². The molecule has 0 saturated heterocycles. The first kappa shape index (κ1) is 19.9. The molecule has 140 valence electrons. The van der Waals surface area contributed by atoms with Crippen LogP contribution in [0, 0.1) is 18.8 Å². The van der Waals surface area contributed by atoms with Crippen LogP contribution < -0.4 is 4.74 Å². The molecule has 2 aliphatic rings. The van der Waals surface area contributed by atoms with Crippen molar-refractivity contribution in [1.82, 2.24) is 0 Å². The fourth-order valence-corrected chi connectivity index (χ4v) is 3.85. The lowest BCUT2D eigenvalue weighted by atomic mass is 9.82. The average Bonchev–Trinajstić information content (AvgIpc) is 3.14. The lowest BCUT2D eigenvalue weighted by Gasteiger charge is -2.33. The molecule has 1 unspecified atom stereocenters. The molecule has 1 fully saturated rings. The normalized spacial score (nSPS) is 20.0. The van der Waals surface area contributed by atoms with Crippen LogP contribution >= 0.6 is 0 Å². The average molecular weight is 356 g/mol. The molecule has 1 heterocycles. The number of cyclic esters (lactones) is 1. The van der Waals surface area contributed by atoms with Crippen LogP contribution in [0.4, 0.5) is 0 Å². The first-order valence-corrected chi connectivity index (χ1v) is 9.07. The summed E-state index contributed by atoms with van der Waals surface area (Å²) in [6, 6.07) is 8.28. The van der Waals surface area contributed by atoms with Crippen LogP contribution in [0.15, 0.2) is 36.1 Å². The fraction of sp³-hybridized carbons (Fsp3) is 0.500. The fourth-order valence-electron chi connectivity index (χ4n) is 3.85. The van der Waals surface area contributed by atoms with E-state index in [1.807, 2.05) is 12.1 Å². The van der Waals surface area contributed by atoms with Crippen molar-refractivity contribution in [2.45, 2.75) is 57.7 Å². The molecule has 26 heavy (non-hydrogen) atoms. The summed E-state index contributed by atoms with van der Waals surface area (Å²) in [4.78, 5) is 11.8. The van der Waals surface area contributed by atoms with Crippen LogP contribution in [0.2, 0.25) is 0 Å². The molecule has 3 rings (SSSR count). The van der Waals surface area contributed by atoms with Gasteiger partial charge in [0.05, 0.1) is 13.2 Å². The van der Waals surface area contributed by atoms with Crippen LogP contribution in [0.5, 0.6) is 5.75 Å². The van der Waals surface area contributed by atoms with Crippen molar-refractivity contribution in [2.24, 2.45) is 5.92 Å². The van der Waals surface area contributed by atoms with E-state index in [1.54, 1.807) is 21.0 Å². The van der Waals surface area contributed by atoms with Gasteiger partial charge in [-0.05, 0) is 42.4 Å². The minimum Gasteiger partial charge on any atom is -0.497 e. The zero-order valence-corrected chi connectivity index (χ0v) is 15.9. The van der Waals surface area contributed by atoms with E-state index in [0.29, 0.717) is 11.8 Å². The van der Waals surface area contributed by atoms with E-state index >= 15 is 0 Å². The Bertz CT molecular complexity index is 648. The molecule has 1 aromatic carbocycles. The molecule has 0 radical (unpaired) electrons. The molecule has 1 atom stereocenters. The molecular formula is C22H28O4. The summed E-state index contributed by atoms with van der Waals surface area (Å²) in [5.41, 5.74) is 1.28. The summed E-state index contributed by atoms with van der Waals surface area (Å²) in [6.07, 6.45) is 15.3. The zero-order valence-electron chi connectivity index (χ0n) is 15.9. The number of allylic oxidation sites excluding steroid dienone is 1. The highest BCUT2D eigenvalue weighted by Crippen LogP contribution is 2.42. The Morgan fingerprint density at radius 2 is 1.77 bits per heavy atom. The van der Waals surface area contributed by atoms with E-state index in [2.05, 4.69) is 25.0 Å². The Morgan fingerprint density at radius 1 is 1.15 bits per heavy atom. The van der Waals surface area contributed by atoms with Gasteiger partial charge in [0.1, 0.15) is 11.5 Å². The van der Waals surface area contributed by atoms with Gasteiger partial charge >= 0.3 is 5.97 Å². The Morgan fingerprint density at radius 3 is 2.31 bits per heavy atom. The van der Waals surface area contributed by atoms with Gasteiger partial charge in [-0.3, -0.25) is 0 Å². The maximum absolute atomic E-state index is 11.8. The molecule has 0 bridgehead atoms. The number of methoxy groups -OCH3 is 1. The molecule has 4 heteroatoms. The molecule has 0 aromatic heterocycles. The summed E-state index contributed by atoms with van der Waals surface area (Å²) in [7, 11) is 1.68. The van der Waals surface area contributed by atoms with E-state index in [-0.39, 0.29) is 5.97 Å². The van der Waals surface area contributed by atoms with Crippen molar-refractivity contribution in [2.75, 3.05) is 7.11 Å². The highest BCUT2D eigenvalue weighted by Gasteiger charge is 2.34. The third-order valence-corrected chi connectivity index (χ3v) is 4.94. The van der Waals surface area contributed by atoms with Crippen LogP contribution in [0.1, 0.15) is 57.4 Å². The predicted octanol–water partition coefficient (Wildman–Crippen LogP) is 4.80. The first-order valence-electron chi connectivity index (χ1n) is 9.07. The van der Waals surface area contributed by atoms with Gasteiger partial charge < -0.3 is 14.2 Å².